The quantitative estimate of drug-likeness (QED) is 0.226. The van der Waals surface area contributed by atoms with E-state index in [1.807, 2.05) is 22.5 Å². The molecule has 0 saturated carbocycles. The number of aromatic nitrogens is 6. The Morgan fingerprint density at radius 3 is 2.27 bits per heavy atom. The van der Waals surface area contributed by atoms with E-state index in [-0.39, 0.29) is 28.0 Å². The Morgan fingerprint density at radius 1 is 1.00 bits per heavy atom. The number of nitrogen functional groups attached to an aromatic ring is 1. The second-order valence-electron chi connectivity index (χ2n) is 11.7. The Hall–Kier alpha value is -3.53. The maximum atomic E-state index is 7.33. The lowest BCUT2D eigenvalue weighted by Gasteiger charge is -2.43. The van der Waals surface area contributed by atoms with Gasteiger partial charge in [-0.25, -0.2) is 4.98 Å². The van der Waals surface area contributed by atoms with Crippen LogP contribution in [0.1, 0.15) is 50.3 Å². The van der Waals surface area contributed by atoms with Crippen molar-refractivity contribution in [2.45, 2.75) is 50.6 Å². The first kappa shape index (κ1) is 26.7. The van der Waals surface area contributed by atoms with Crippen molar-refractivity contribution in [2.75, 3.05) is 12.3 Å². The molecule has 2 atom stereocenters. The molecule has 40 heavy (non-hydrogen) atoms. The van der Waals surface area contributed by atoms with Gasteiger partial charge in [0.05, 0.1) is 12.5 Å². The molecule has 2 aromatic carbocycles. The highest BCUT2D eigenvalue weighted by molar-refractivity contribution is 6.99. The number of imidazole rings is 1. The topological polar surface area (TPSA) is 96.7 Å². The van der Waals surface area contributed by atoms with E-state index in [1.54, 1.807) is 6.33 Å². The van der Waals surface area contributed by atoms with Gasteiger partial charge in [0.25, 0.3) is 8.32 Å². The molecule has 5 aromatic rings. The Labute approximate surface area is 240 Å². The molecule has 0 saturated heterocycles. The monoisotopic (exact) mass is 571 g/mol. The van der Waals surface area contributed by atoms with Crippen molar-refractivity contribution in [3.8, 4) is 0 Å². The van der Waals surface area contributed by atoms with Crippen molar-refractivity contribution in [3.05, 3.63) is 89.6 Å². The summed E-state index contributed by atoms with van der Waals surface area (Å²) in [4.78, 5) is 12.9. The van der Waals surface area contributed by atoms with Crippen LogP contribution in [0.2, 0.25) is 10.2 Å². The van der Waals surface area contributed by atoms with Crippen LogP contribution in [0.3, 0.4) is 0 Å². The normalized spacial score (nSPS) is 17.4. The third-order valence-corrected chi connectivity index (χ3v) is 13.5. The van der Waals surface area contributed by atoms with Crippen LogP contribution in [-0.2, 0) is 18.0 Å². The van der Waals surface area contributed by atoms with Crippen molar-refractivity contribution in [2.24, 2.45) is 7.05 Å². The van der Waals surface area contributed by atoms with E-state index in [0.717, 1.165) is 6.42 Å². The first-order chi connectivity index (χ1) is 19.2. The van der Waals surface area contributed by atoms with Crippen molar-refractivity contribution >= 4 is 47.4 Å². The Morgan fingerprint density at radius 2 is 1.65 bits per heavy atom. The molecule has 8 nitrogen and oxygen atoms in total. The zero-order chi connectivity index (χ0) is 28.1. The molecule has 206 valence electrons. The third kappa shape index (κ3) is 4.42. The van der Waals surface area contributed by atoms with Gasteiger partial charge in [-0.05, 0) is 27.4 Å². The van der Waals surface area contributed by atoms with Crippen molar-refractivity contribution < 1.29 is 4.43 Å². The Kier molecular flexibility index (Phi) is 6.76. The number of nitrogens with two attached hydrogens (primary N) is 1. The summed E-state index contributed by atoms with van der Waals surface area (Å²) in [5.74, 6) is 0.569. The number of fused-ring (bicyclic) bond motifs is 2. The summed E-state index contributed by atoms with van der Waals surface area (Å²) >= 11 is 6.29. The summed E-state index contributed by atoms with van der Waals surface area (Å²) in [6.07, 6.45) is 4.72. The van der Waals surface area contributed by atoms with Crippen LogP contribution in [0.4, 0.5) is 5.95 Å². The van der Waals surface area contributed by atoms with E-state index in [4.69, 9.17) is 21.8 Å². The molecule has 1 aliphatic rings. The number of halogens is 1. The molecule has 0 bridgehead atoms. The van der Waals surface area contributed by atoms with Gasteiger partial charge in [0, 0.05) is 37.7 Å². The first-order valence-corrected chi connectivity index (χ1v) is 15.9. The molecule has 2 N–H and O–H groups in total. The SMILES string of the molecule is Cn1ncc2c1[C@H](Cn1cnc3c(Cl)nc(N)nc31)C[C@@H]2CO[Si](c1ccccc1)(c1ccccc1)C(C)(C)C. The maximum absolute atomic E-state index is 7.33. The van der Waals surface area contributed by atoms with Crippen LogP contribution in [0.25, 0.3) is 11.2 Å². The molecule has 0 fully saturated rings. The third-order valence-electron chi connectivity index (χ3n) is 8.18. The highest BCUT2D eigenvalue weighted by Gasteiger charge is 2.51. The average molecular weight is 572 g/mol. The molecule has 0 spiro atoms. The zero-order valence-electron chi connectivity index (χ0n) is 23.3. The Bertz CT molecular complexity index is 1610. The van der Waals surface area contributed by atoms with E-state index in [2.05, 4.69) is 101 Å². The number of hydrogen-bond donors (Lipinski definition) is 1. The summed E-state index contributed by atoms with van der Waals surface area (Å²) in [5.41, 5.74) is 9.59. The van der Waals surface area contributed by atoms with Crippen LogP contribution < -0.4 is 16.1 Å². The first-order valence-electron chi connectivity index (χ1n) is 13.6. The predicted octanol–water partition coefficient (Wildman–Crippen LogP) is 4.64. The van der Waals surface area contributed by atoms with Gasteiger partial charge in [-0.3, -0.25) is 4.68 Å². The molecule has 3 aromatic heterocycles. The molecular formula is C30H34ClN7OSi. The fraction of sp³-hybridized carbons (Fsp3) is 0.333. The van der Waals surface area contributed by atoms with Gasteiger partial charge in [0.15, 0.2) is 10.8 Å². The summed E-state index contributed by atoms with van der Waals surface area (Å²) in [7, 11) is -0.639. The molecule has 3 heterocycles. The molecule has 0 unspecified atom stereocenters. The fourth-order valence-electron chi connectivity index (χ4n) is 6.46. The molecule has 0 aliphatic heterocycles. The molecule has 0 radical (unpaired) electrons. The van der Waals surface area contributed by atoms with Gasteiger partial charge >= 0.3 is 0 Å². The number of nitrogens with zero attached hydrogens (tertiary/aromatic N) is 6. The highest BCUT2D eigenvalue weighted by atomic mass is 35.5. The van der Waals surface area contributed by atoms with Gasteiger partial charge in [-0.1, -0.05) is 93.0 Å². The molecule has 0 amide bonds. The number of rotatable bonds is 7. The van der Waals surface area contributed by atoms with Crippen LogP contribution >= 0.6 is 11.6 Å². The summed E-state index contributed by atoms with van der Waals surface area (Å²) in [6.45, 7) is 8.25. The standard InChI is InChI=1S/C30H34ClN7OSi/c1-30(2,3)40(22-11-7-5-8-12-22,23-13-9-6-10-14-23)39-18-21-15-20(26-24(21)16-34-37(26)4)17-38-19-33-25-27(31)35-29(32)36-28(25)38/h5-14,16,19-21H,15,17-18H2,1-4H3,(H2,32,35,36)/t20-,21+/m0/s1. The lowest BCUT2D eigenvalue weighted by Crippen LogP contribution is -2.66. The second-order valence-corrected chi connectivity index (χ2v) is 16.3. The van der Waals surface area contributed by atoms with Crippen LogP contribution in [0.5, 0.6) is 0 Å². The van der Waals surface area contributed by atoms with Gasteiger partial charge in [0.2, 0.25) is 5.95 Å². The lowest BCUT2D eigenvalue weighted by molar-refractivity contribution is 0.265. The van der Waals surface area contributed by atoms with E-state index < -0.39 is 8.32 Å². The van der Waals surface area contributed by atoms with Crippen molar-refractivity contribution in [1.29, 1.82) is 0 Å². The van der Waals surface area contributed by atoms with Gasteiger partial charge < -0.3 is 14.7 Å². The Balaban J connectivity index is 1.34. The number of hydrogen-bond acceptors (Lipinski definition) is 6. The average Bonchev–Trinajstić information content (AvgIpc) is 3.61. The minimum atomic E-state index is -2.65. The zero-order valence-corrected chi connectivity index (χ0v) is 25.0. The molecule has 10 heteroatoms. The van der Waals surface area contributed by atoms with E-state index in [9.17, 15) is 0 Å². The van der Waals surface area contributed by atoms with Crippen LogP contribution in [-0.4, -0.2) is 44.2 Å². The number of benzene rings is 2. The van der Waals surface area contributed by atoms with Gasteiger partial charge in [-0.2, -0.15) is 15.1 Å². The van der Waals surface area contributed by atoms with E-state index >= 15 is 0 Å². The van der Waals surface area contributed by atoms with E-state index in [1.165, 1.54) is 21.6 Å². The minimum absolute atomic E-state index is 0.0832. The smallest absolute Gasteiger partial charge is 0.261 e. The van der Waals surface area contributed by atoms with E-state index in [0.29, 0.717) is 24.3 Å². The predicted molar refractivity (Wildman–Crippen MR) is 162 cm³/mol. The number of anilines is 1. The highest BCUT2D eigenvalue weighted by Crippen LogP contribution is 2.44. The number of aryl methyl sites for hydroxylation is 1. The molecular weight excluding hydrogens is 538 g/mol. The second kappa shape index (κ2) is 10.1. The maximum Gasteiger partial charge on any atom is 0.261 e. The summed E-state index contributed by atoms with van der Waals surface area (Å²) < 4.78 is 11.3. The van der Waals surface area contributed by atoms with Crippen LogP contribution in [0, 0.1) is 0 Å². The fourth-order valence-corrected chi connectivity index (χ4v) is 11.3. The minimum Gasteiger partial charge on any atom is -0.407 e. The summed E-state index contributed by atoms with van der Waals surface area (Å²) in [6, 6.07) is 21.6. The van der Waals surface area contributed by atoms with Crippen molar-refractivity contribution in [3.63, 3.8) is 0 Å². The molecule has 1 aliphatic carbocycles. The molecule has 6 rings (SSSR count). The van der Waals surface area contributed by atoms with Crippen molar-refractivity contribution in [1.82, 2.24) is 29.3 Å². The van der Waals surface area contributed by atoms with Gasteiger partial charge in [-0.15, -0.1) is 0 Å². The van der Waals surface area contributed by atoms with Gasteiger partial charge in [0.1, 0.15) is 5.52 Å². The lowest BCUT2D eigenvalue weighted by atomic mass is 10.0. The van der Waals surface area contributed by atoms with Crippen LogP contribution in [0.15, 0.2) is 73.2 Å². The summed E-state index contributed by atoms with van der Waals surface area (Å²) in [5, 5.41) is 7.41. The largest absolute Gasteiger partial charge is 0.407 e.